The van der Waals surface area contributed by atoms with Gasteiger partial charge in [0, 0.05) is 12.8 Å². The van der Waals surface area contributed by atoms with Crippen LogP contribution in [0.5, 0.6) is 0 Å². The van der Waals surface area contributed by atoms with Crippen molar-refractivity contribution < 1.29 is 49.0 Å². The molecule has 1 saturated heterocycles. The minimum atomic E-state index is -1.59. The molecule has 4 N–H and O–H groups in total. The molecule has 1 heterocycles. The van der Waals surface area contributed by atoms with Crippen molar-refractivity contribution in [3.63, 3.8) is 0 Å². The van der Waals surface area contributed by atoms with Crippen molar-refractivity contribution in [2.45, 2.75) is 205 Å². The number of rotatable bonds is 32. The van der Waals surface area contributed by atoms with Crippen LogP contribution in [0.4, 0.5) is 0 Å². The summed E-state index contributed by atoms with van der Waals surface area (Å²) in [5.41, 5.74) is 0. The predicted molar refractivity (Wildman–Crippen MR) is 192 cm³/mol. The van der Waals surface area contributed by atoms with Gasteiger partial charge in [-0.05, 0) is 38.5 Å². The summed E-state index contributed by atoms with van der Waals surface area (Å²) >= 11 is 0. The Morgan fingerprint density at radius 3 is 1.61 bits per heavy atom. The van der Waals surface area contributed by atoms with Gasteiger partial charge in [-0.1, -0.05) is 129 Å². The fourth-order valence-electron chi connectivity index (χ4n) is 5.95. The molecule has 0 aromatic rings. The summed E-state index contributed by atoms with van der Waals surface area (Å²) in [5.74, 6) is -0.812. The Kier molecular flexibility index (Phi) is 28.9. The predicted octanol–water partition coefficient (Wildman–Crippen LogP) is 7.22. The fraction of sp³-hybridized carbons (Fsp3) is 0.897. The molecule has 1 rings (SSSR count). The number of hydrogen-bond acceptors (Lipinski definition) is 10. The molecule has 0 amide bonds. The standard InChI is InChI=1S/C39H72O10/c1-3-5-7-9-11-12-13-14-15-16-17-18-19-20-22-23-25-27-34(41)46-30-32(48-35(42)28-26-24-21-10-8-6-4-2)31-47-39-38(45)37(44)36(43)33(29-40)49-39/h12-13,32-33,36-40,43-45H,3-11,14-31H2,1-2H3/b13-12+/t32-,33-,36+,37?,38?,39-/m0/s1. The summed E-state index contributed by atoms with van der Waals surface area (Å²) in [6, 6.07) is 0. The highest BCUT2D eigenvalue weighted by molar-refractivity contribution is 5.70. The van der Waals surface area contributed by atoms with Crippen molar-refractivity contribution in [3.8, 4) is 0 Å². The van der Waals surface area contributed by atoms with Gasteiger partial charge in [-0.15, -0.1) is 0 Å². The summed E-state index contributed by atoms with van der Waals surface area (Å²) < 4.78 is 22.0. The van der Waals surface area contributed by atoms with E-state index in [9.17, 15) is 30.0 Å². The second-order valence-electron chi connectivity index (χ2n) is 13.7. The Balaban J connectivity index is 2.30. The molecule has 0 bridgehead atoms. The van der Waals surface area contributed by atoms with E-state index in [0.29, 0.717) is 6.42 Å². The Labute approximate surface area is 297 Å². The molecule has 1 aliphatic rings. The summed E-state index contributed by atoms with van der Waals surface area (Å²) in [5, 5.41) is 39.8. The van der Waals surface area contributed by atoms with Crippen LogP contribution in [0.15, 0.2) is 12.2 Å². The molecule has 10 nitrogen and oxygen atoms in total. The molecule has 1 fully saturated rings. The SMILES string of the molecule is CCCCCC/C=C/CCCCCCCCCCCC(=O)OC[C@@H](CO[C@H]1O[C@@H](CO)[C@@H](O)C(O)C1O)OC(=O)CCCCCCCCC. The second-order valence-corrected chi connectivity index (χ2v) is 13.7. The van der Waals surface area contributed by atoms with E-state index in [1.165, 1.54) is 96.3 Å². The van der Waals surface area contributed by atoms with Gasteiger partial charge in [-0.3, -0.25) is 9.59 Å². The van der Waals surface area contributed by atoms with Gasteiger partial charge < -0.3 is 39.4 Å². The number of allylic oxidation sites excluding steroid dienone is 2. The van der Waals surface area contributed by atoms with Crippen LogP contribution in [0.25, 0.3) is 0 Å². The van der Waals surface area contributed by atoms with Gasteiger partial charge in [-0.2, -0.15) is 0 Å². The van der Waals surface area contributed by atoms with E-state index in [4.69, 9.17) is 18.9 Å². The monoisotopic (exact) mass is 701 g/mol. The maximum absolute atomic E-state index is 12.6. The summed E-state index contributed by atoms with van der Waals surface area (Å²) in [6.07, 6.45) is 22.5. The minimum Gasteiger partial charge on any atom is -0.462 e. The van der Waals surface area contributed by atoms with Crippen molar-refractivity contribution in [3.05, 3.63) is 12.2 Å². The zero-order valence-corrected chi connectivity index (χ0v) is 30.9. The average molecular weight is 701 g/mol. The smallest absolute Gasteiger partial charge is 0.306 e. The van der Waals surface area contributed by atoms with Crippen molar-refractivity contribution in [1.82, 2.24) is 0 Å². The van der Waals surface area contributed by atoms with Gasteiger partial charge in [0.05, 0.1) is 13.2 Å². The Morgan fingerprint density at radius 1 is 0.612 bits per heavy atom. The first-order valence-electron chi connectivity index (χ1n) is 19.8. The van der Waals surface area contributed by atoms with Crippen LogP contribution in [0, 0.1) is 0 Å². The van der Waals surface area contributed by atoms with Crippen LogP contribution in [0.1, 0.15) is 168 Å². The fourth-order valence-corrected chi connectivity index (χ4v) is 5.95. The van der Waals surface area contributed by atoms with E-state index in [0.717, 1.165) is 38.5 Å². The van der Waals surface area contributed by atoms with E-state index in [1.54, 1.807) is 0 Å². The number of hydrogen-bond donors (Lipinski definition) is 4. The lowest BCUT2D eigenvalue weighted by atomic mass is 9.99. The highest BCUT2D eigenvalue weighted by Crippen LogP contribution is 2.22. The third-order valence-corrected chi connectivity index (χ3v) is 9.15. The minimum absolute atomic E-state index is 0.215. The Hall–Kier alpha value is -1.56. The quantitative estimate of drug-likeness (QED) is 0.0322. The van der Waals surface area contributed by atoms with Crippen molar-refractivity contribution >= 4 is 11.9 Å². The lowest BCUT2D eigenvalue weighted by Crippen LogP contribution is -2.59. The summed E-state index contributed by atoms with van der Waals surface area (Å²) in [6.45, 7) is 3.35. The zero-order chi connectivity index (χ0) is 36.0. The molecule has 0 aliphatic carbocycles. The van der Waals surface area contributed by atoms with Crippen LogP contribution in [-0.2, 0) is 28.5 Å². The normalized spacial score (nSPS) is 21.6. The lowest BCUT2D eigenvalue weighted by Gasteiger charge is -2.39. The van der Waals surface area contributed by atoms with Crippen LogP contribution in [-0.4, -0.2) is 89.0 Å². The molecule has 0 saturated carbocycles. The molecule has 0 aromatic heterocycles. The van der Waals surface area contributed by atoms with Gasteiger partial charge >= 0.3 is 11.9 Å². The highest BCUT2D eigenvalue weighted by Gasteiger charge is 2.44. The van der Waals surface area contributed by atoms with E-state index in [2.05, 4.69) is 26.0 Å². The molecule has 1 aliphatic heterocycles. The lowest BCUT2D eigenvalue weighted by molar-refractivity contribution is -0.305. The molecular formula is C39H72O10. The highest BCUT2D eigenvalue weighted by atomic mass is 16.7. The van der Waals surface area contributed by atoms with Gasteiger partial charge in [-0.25, -0.2) is 0 Å². The van der Waals surface area contributed by atoms with Crippen molar-refractivity contribution in [1.29, 1.82) is 0 Å². The molecule has 10 heteroatoms. The van der Waals surface area contributed by atoms with Crippen LogP contribution in [0.2, 0.25) is 0 Å². The average Bonchev–Trinajstić information content (AvgIpc) is 3.10. The first-order valence-corrected chi connectivity index (χ1v) is 19.8. The number of carbonyl (C=O) groups excluding carboxylic acids is 2. The molecule has 288 valence electrons. The van der Waals surface area contributed by atoms with Gasteiger partial charge in [0.25, 0.3) is 0 Å². The third kappa shape index (κ3) is 23.5. The van der Waals surface area contributed by atoms with E-state index < -0.39 is 49.4 Å². The maximum Gasteiger partial charge on any atom is 0.306 e. The first kappa shape index (κ1) is 45.5. The van der Waals surface area contributed by atoms with Gasteiger partial charge in [0.15, 0.2) is 12.4 Å². The maximum atomic E-state index is 12.6. The number of carbonyl (C=O) groups is 2. The van der Waals surface area contributed by atoms with E-state index >= 15 is 0 Å². The molecular weight excluding hydrogens is 628 g/mol. The Bertz CT molecular complexity index is 820. The molecule has 0 radical (unpaired) electrons. The van der Waals surface area contributed by atoms with Crippen LogP contribution >= 0.6 is 0 Å². The topological polar surface area (TPSA) is 152 Å². The molecule has 49 heavy (non-hydrogen) atoms. The van der Waals surface area contributed by atoms with Crippen LogP contribution < -0.4 is 0 Å². The molecule has 2 unspecified atom stereocenters. The number of aliphatic hydroxyl groups excluding tert-OH is 4. The van der Waals surface area contributed by atoms with E-state index in [1.807, 2.05) is 0 Å². The molecule has 6 atom stereocenters. The summed E-state index contributed by atoms with van der Waals surface area (Å²) in [7, 11) is 0. The van der Waals surface area contributed by atoms with Gasteiger partial charge in [0.1, 0.15) is 31.0 Å². The molecule has 0 aromatic carbocycles. The van der Waals surface area contributed by atoms with Crippen molar-refractivity contribution in [2.75, 3.05) is 19.8 Å². The zero-order valence-electron chi connectivity index (χ0n) is 30.9. The number of ether oxygens (including phenoxy) is 4. The van der Waals surface area contributed by atoms with Crippen LogP contribution in [0.3, 0.4) is 0 Å². The van der Waals surface area contributed by atoms with E-state index in [-0.39, 0.29) is 32.0 Å². The second kappa shape index (κ2) is 31.2. The Morgan fingerprint density at radius 2 is 1.08 bits per heavy atom. The molecule has 0 spiro atoms. The number of unbranched alkanes of at least 4 members (excludes halogenated alkanes) is 19. The number of esters is 2. The first-order chi connectivity index (χ1) is 23.8. The van der Waals surface area contributed by atoms with Crippen molar-refractivity contribution in [2.24, 2.45) is 0 Å². The van der Waals surface area contributed by atoms with Gasteiger partial charge in [0.2, 0.25) is 0 Å². The number of aliphatic hydroxyl groups is 4. The third-order valence-electron chi connectivity index (χ3n) is 9.15. The largest absolute Gasteiger partial charge is 0.462 e. The summed E-state index contributed by atoms with van der Waals surface area (Å²) in [4.78, 5) is 25.1.